The van der Waals surface area contributed by atoms with Gasteiger partial charge in [-0.25, -0.2) is 8.78 Å². The topological polar surface area (TPSA) is 104 Å². The summed E-state index contributed by atoms with van der Waals surface area (Å²) in [7, 11) is 3.35. The van der Waals surface area contributed by atoms with Crippen LogP contribution in [0.1, 0.15) is 40.7 Å². The van der Waals surface area contributed by atoms with Crippen LogP contribution < -0.4 is 11.1 Å². The van der Waals surface area contributed by atoms with E-state index >= 15 is 4.39 Å². The summed E-state index contributed by atoms with van der Waals surface area (Å²) < 4.78 is 32.3. The maximum absolute atomic E-state index is 15.8. The lowest BCUT2D eigenvalue weighted by molar-refractivity contribution is -0.119. The third kappa shape index (κ3) is 4.45. The average molecular weight is 554 g/mol. The van der Waals surface area contributed by atoms with Gasteiger partial charge in [-0.15, -0.1) is 0 Å². The van der Waals surface area contributed by atoms with Crippen molar-refractivity contribution < 1.29 is 18.4 Å². The molecule has 0 saturated carbocycles. The number of aromatic nitrogens is 1. The number of hydrogen-bond donors (Lipinski definition) is 2. The first-order chi connectivity index (χ1) is 19.7. The maximum atomic E-state index is 15.8. The summed E-state index contributed by atoms with van der Waals surface area (Å²) in [6.07, 6.45) is 4.47. The normalized spacial score (nSPS) is 19.5. The first-order valence-corrected chi connectivity index (χ1v) is 13.6. The third-order valence-corrected chi connectivity index (χ3v) is 8.57. The number of rotatable bonds is 5. The van der Waals surface area contributed by atoms with E-state index in [0.29, 0.717) is 33.2 Å². The second-order valence-corrected chi connectivity index (χ2v) is 10.9. The van der Waals surface area contributed by atoms with Crippen LogP contribution in [0.2, 0.25) is 0 Å². The largest absolute Gasteiger partial charge is 0.359 e. The third-order valence-electron chi connectivity index (χ3n) is 8.57. The minimum absolute atomic E-state index is 0.0142. The molecule has 0 spiro atoms. The van der Waals surface area contributed by atoms with Gasteiger partial charge in [0.2, 0.25) is 5.91 Å². The van der Waals surface area contributed by atoms with Crippen molar-refractivity contribution in [2.75, 3.05) is 7.05 Å². The molecule has 7 nitrogen and oxygen atoms in total. The number of nitrogens with zero attached hydrogens (tertiary/aromatic N) is 3. The van der Waals surface area contributed by atoms with E-state index in [-0.39, 0.29) is 47.5 Å². The van der Waals surface area contributed by atoms with Crippen molar-refractivity contribution in [1.29, 1.82) is 5.26 Å². The highest BCUT2D eigenvalue weighted by Crippen LogP contribution is 2.41. The number of carbonyl (C=O) groups excluding carboxylic acids is 2. The van der Waals surface area contributed by atoms with Crippen LogP contribution >= 0.6 is 0 Å². The van der Waals surface area contributed by atoms with E-state index in [1.807, 2.05) is 11.0 Å². The molecule has 3 heterocycles. The summed E-state index contributed by atoms with van der Waals surface area (Å²) in [6.45, 7) is 0. The molecular formula is C32H29F2N5O2. The molecule has 3 aromatic carbocycles. The zero-order chi connectivity index (χ0) is 29.0. The minimum Gasteiger partial charge on any atom is -0.359 e. The van der Waals surface area contributed by atoms with E-state index in [1.165, 1.54) is 18.2 Å². The van der Waals surface area contributed by atoms with E-state index in [2.05, 4.69) is 5.32 Å². The monoisotopic (exact) mass is 553 g/mol. The Kier molecular flexibility index (Phi) is 6.59. The second kappa shape index (κ2) is 10.1. The van der Waals surface area contributed by atoms with Crippen molar-refractivity contribution >= 4 is 22.7 Å². The molecule has 0 radical (unpaired) electrons. The minimum atomic E-state index is -0.705. The van der Waals surface area contributed by atoms with Crippen molar-refractivity contribution in [3.63, 3.8) is 0 Å². The molecule has 3 atom stereocenters. The van der Waals surface area contributed by atoms with Gasteiger partial charge < -0.3 is 20.5 Å². The lowest BCUT2D eigenvalue weighted by Crippen LogP contribution is -2.40. The molecule has 2 fully saturated rings. The van der Waals surface area contributed by atoms with Crippen molar-refractivity contribution in [3.05, 3.63) is 83.1 Å². The van der Waals surface area contributed by atoms with Gasteiger partial charge in [0, 0.05) is 54.9 Å². The van der Waals surface area contributed by atoms with E-state index in [4.69, 9.17) is 5.73 Å². The summed E-state index contributed by atoms with van der Waals surface area (Å²) in [4.78, 5) is 27.7. The van der Waals surface area contributed by atoms with Crippen LogP contribution in [0.4, 0.5) is 8.78 Å². The van der Waals surface area contributed by atoms with E-state index in [9.17, 15) is 19.2 Å². The van der Waals surface area contributed by atoms with Crippen molar-refractivity contribution in [1.82, 2.24) is 14.8 Å². The van der Waals surface area contributed by atoms with Gasteiger partial charge in [0.25, 0.3) is 5.91 Å². The highest BCUT2D eigenvalue weighted by molar-refractivity contribution is 6.00. The first kappa shape index (κ1) is 26.7. The number of amides is 2. The summed E-state index contributed by atoms with van der Waals surface area (Å²) in [5.74, 6) is -1.53. The molecular weight excluding hydrogens is 524 g/mol. The number of likely N-dealkylation sites (N-methyl/N-ethyl adjacent to an activating group) is 1. The van der Waals surface area contributed by atoms with Gasteiger partial charge in [-0.2, -0.15) is 5.26 Å². The van der Waals surface area contributed by atoms with Crippen LogP contribution in [0.3, 0.4) is 0 Å². The van der Waals surface area contributed by atoms with Gasteiger partial charge in [0.05, 0.1) is 17.5 Å². The van der Waals surface area contributed by atoms with E-state index in [1.54, 1.807) is 55.2 Å². The number of halogens is 2. The zero-order valence-corrected chi connectivity index (χ0v) is 22.7. The number of aryl methyl sites for hydroxylation is 1. The number of nitrogens with two attached hydrogens (primary N) is 1. The molecule has 2 aliphatic rings. The van der Waals surface area contributed by atoms with Crippen LogP contribution in [0.25, 0.3) is 33.2 Å². The predicted octanol–water partition coefficient (Wildman–Crippen LogP) is 4.65. The molecule has 4 aromatic rings. The second-order valence-electron chi connectivity index (χ2n) is 10.9. The number of hydrogen-bond acceptors (Lipinski definition) is 4. The smallest absolute Gasteiger partial charge is 0.254 e. The zero-order valence-electron chi connectivity index (χ0n) is 22.7. The Morgan fingerprint density at radius 2 is 1.85 bits per heavy atom. The fraction of sp³-hybridized carbons (Fsp3) is 0.281. The molecule has 41 heavy (non-hydrogen) atoms. The quantitative estimate of drug-likeness (QED) is 0.375. The van der Waals surface area contributed by atoms with Gasteiger partial charge in [-0.3, -0.25) is 9.59 Å². The number of nitriles is 1. The van der Waals surface area contributed by atoms with Gasteiger partial charge in [-0.05, 0) is 77.9 Å². The Balaban J connectivity index is 1.52. The summed E-state index contributed by atoms with van der Waals surface area (Å²) >= 11 is 0. The van der Waals surface area contributed by atoms with Gasteiger partial charge in [-0.1, -0.05) is 12.1 Å². The lowest BCUT2D eigenvalue weighted by atomic mass is 9.90. The Morgan fingerprint density at radius 3 is 2.51 bits per heavy atom. The molecule has 0 unspecified atom stereocenters. The molecule has 9 heteroatoms. The predicted molar refractivity (Wildman–Crippen MR) is 152 cm³/mol. The maximum Gasteiger partial charge on any atom is 0.254 e. The Bertz CT molecular complexity index is 1770. The fourth-order valence-electron chi connectivity index (χ4n) is 6.52. The Labute approximate surface area is 236 Å². The summed E-state index contributed by atoms with van der Waals surface area (Å²) in [5, 5.41) is 12.6. The number of benzene rings is 3. The summed E-state index contributed by atoms with van der Waals surface area (Å²) in [5.41, 5.74) is 9.51. The Morgan fingerprint density at radius 1 is 1.05 bits per heavy atom. The van der Waals surface area contributed by atoms with Crippen LogP contribution in [-0.4, -0.2) is 46.5 Å². The van der Waals surface area contributed by atoms with E-state index in [0.717, 1.165) is 24.8 Å². The molecule has 1 aromatic heterocycles. The van der Waals surface area contributed by atoms with Gasteiger partial charge in [0.15, 0.2) is 0 Å². The standard InChI is InChI=1S/C32H29F2N5O2/c1-37-31(40)11-20-16-38(2)30-14-27(34)25(13-24(20)30)22-7-5-18(32(41)39-21-6-8-29(39)28(36)12-21)9-23(22)17-3-4-19(15-35)26(33)10-17/h3-5,7,9-10,13-14,16,21,28-29H,6,8,11-12,36H2,1-2H3,(H,37,40)/t21-,28+,29+/m1/s1. The molecule has 6 rings (SSSR count). The highest BCUT2D eigenvalue weighted by atomic mass is 19.1. The van der Waals surface area contributed by atoms with Crippen LogP contribution in [0, 0.1) is 23.0 Å². The molecule has 2 amide bonds. The Hall–Kier alpha value is -4.55. The number of carbonyl (C=O) groups is 2. The molecule has 2 aliphatic heterocycles. The van der Waals surface area contributed by atoms with Gasteiger partial charge in [0.1, 0.15) is 17.7 Å². The first-order valence-electron chi connectivity index (χ1n) is 13.6. The van der Waals surface area contributed by atoms with Crippen LogP contribution in [0.5, 0.6) is 0 Å². The van der Waals surface area contributed by atoms with E-state index < -0.39 is 11.6 Å². The summed E-state index contributed by atoms with van der Waals surface area (Å²) in [6, 6.07) is 14.2. The van der Waals surface area contributed by atoms with Crippen LogP contribution in [0.15, 0.2) is 54.7 Å². The van der Waals surface area contributed by atoms with Crippen molar-refractivity contribution in [2.24, 2.45) is 12.8 Å². The number of nitrogens with one attached hydrogen (secondary N) is 1. The molecule has 0 aliphatic carbocycles. The van der Waals surface area contributed by atoms with Crippen LogP contribution in [-0.2, 0) is 18.3 Å². The molecule has 3 N–H and O–H groups in total. The molecule has 208 valence electrons. The lowest BCUT2D eigenvalue weighted by Gasteiger charge is -2.24. The number of fused-ring (bicyclic) bond motifs is 3. The van der Waals surface area contributed by atoms with Crippen molar-refractivity contribution in [3.8, 4) is 28.3 Å². The average Bonchev–Trinajstić information content (AvgIpc) is 3.61. The SMILES string of the molecule is CNC(=O)Cc1cn(C)c2cc(F)c(-c3ccc(C(=O)N4[C@@H]5CC[C@H]4[C@@H](N)C5)cc3-c3ccc(C#N)c(F)c3)cc12. The molecule has 2 saturated heterocycles. The van der Waals surface area contributed by atoms with Gasteiger partial charge >= 0.3 is 0 Å². The van der Waals surface area contributed by atoms with Crippen molar-refractivity contribution in [2.45, 2.75) is 43.8 Å². The highest BCUT2D eigenvalue weighted by Gasteiger charge is 2.47. The fourth-order valence-corrected chi connectivity index (χ4v) is 6.52. The molecule has 2 bridgehead atoms.